The molecule has 1 aliphatic heterocycles. The second-order valence-electron chi connectivity index (χ2n) is 4.69. The van der Waals surface area contributed by atoms with Gasteiger partial charge in [0.1, 0.15) is 5.82 Å². The zero-order chi connectivity index (χ0) is 11.8. The number of benzene rings is 1. The van der Waals surface area contributed by atoms with Gasteiger partial charge in [-0.3, -0.25) is 4.90 Å². The Labute approximate surface area is 103 Å². The van der Waals surface area contributed by atoms with E-state index in [1.807, 2.05) is 6.92 Å². The largest absolute Gasteiger partial charge is 0.389 e. The molecular formula is C12H15BrFNO. The predicted molar refractivity (Wildman–Crippen MR) is 64.6 cm³/mol. The molecule has 1 N–H and O–H groups in total. The fourth-order valence-electron chi connectivity index (χ4n) is 2.08. The number of hydrogen-bond acceptors (Lipinski definition) is 2. The highest BCUT2D eigenvalue weighted by Crippen LogP contribution is 2.25. The summed E-state index contributed by atoms with van der Waals surface area (Å²) in [6, 6.07) is 4.70. The number of halogens is 2. The van der Waals surface area contributed by atoms with Crippen molar-refractivity contribution < 1.29 is 9.50 Å². The number of likely N-dealkylation sites (tertiary alicyclic amines) is 1. The van der Waals surface area contributed by atoms with Gasteiger partial charge in [-0.05, 0) is 37.1 Å². The quantitative estimate of drug-likeness (QED) is 0.904. The Balaban J connectivity index is 2.07. The second kappa shape index (κ2) is 4.43. The lowest BCUT2D eigenvalue weighted by atomic mass is 10.1. The van der Waals surface area contributed by atoms with Crippen molar-refractivity contribution in [3.05, 3.63) is 34.1 Å². The molecule has 1 heterocycles. The SMILES string of the molecule is CC1(O)CCN(Cc2cc(F)ccc2Br)C1. The minimum Gasteiger partial charge on any atom is -0.389 e. The van der Waals surface area contributed by atoms with Crippen LogP contribution in [-0.4, -0.2) is 28.7 Å². The van der Waals surface area contributed by atoms with Crippen LogP contribution in [0.3, 0.4) is 0 Å². The monoisotopic (exact) mass is 287 g/mol. The molecule has 0 bridgehead atoms. The molecule has 0 aromatic heterocycles. The van der Waals surface area contributed by atoms with E-state index in [0.29, 0.717) is 13.1 Å². The van der Waals surface area contributed by atoms with E-state index in [1.54, 1.807) is 6.07 Å². The van der Waals surface area contributed by atoms with Crippen molar-refractivity contribution in [3.8, 4) is 0 Å². The lowest BCUT2D eigenvalue weighted by Gasteiger charge is -2.19. The molecule has 88 valence electrons. The molecule has 1 atom stereocenters. The summed E-state index contributed by atoms with van der Waals surface area (Å²) < 4.78 is 14.0. The third kappa shape index (κ3) is 2.81. The molecule has 1 unspecified atom stereocenters. The number of aliphatic hydroxyl groups is 1. The van der Waals surface area contributed by atoms with Crippen LogP contribution in [0.25, 0.3) is 0 Å². The maximum atomic E-state index is 13.1. The first-order valence-electron chi connectivity index (χ1n) is 5.35. The van der Waals surface area contributed by atoms with Crippen LogP contribution in [0.4, 0.5) is 4.39 Å². The second-order valence-corrected chi connectivity index (χ2v) is 5.55. The van der Waals surface area contributed by atoms with Gasteiger partial charge in [-0.2, -0.15) is 0 Å². The normalized spacial score (nSPS) is 26.2. The highest BCUT2D eigenvalue weighted by molar-refractivity contribution is 9.10. The van der Waals surface area contributed by atoms with Crippen molar-refractivity contribution in [1.82, 2.24) is 4.90 Å². The molecule has 0 spiro atoms. The minimum atomic E-state index is -0.597. The summed E-state index contributed by atoms with van der Waals surface area (Å²) >= 11 is 3.41. The Hall–Kier alpha value is -0.450. The molecule has 4 heteroatoms. The van der Waals surface area contributed by atoms with Crippen LogP contribution < -0.4 is 0 Å². The van der Waals surface area contributed by atoms with E-state index >= 15 is 0 Å². The van der Waals surface area contributed by atoms with Crippen molar-refractivity contribution >= 4 is 15.9 Å². The fraction of sp³-hybridized carbons (Fsp3) is 0.500. The van der Waals surface area contributed by atoms with Crippen LogP contribution in [0.2, 0.25) is 0 Å². The van der Waals surface area contributed by atoms with Crippen molar-refractivity contribution in [2.24, 2.45) is 0 Å². The molecule has 0 saturated carbocycles. The summed E-state index contributed by atoms with van der Waals surface area (Å²) in [5.41, 5.74) is 0.331. The van der Waals surface area contributed by atoms with E-state index in [-0.39, 0.29) is 5.82 Å². The number of nitrogens with zero attached hydrogens (tertiary/aromatic N) is 1. The van der Waals surface area contributed by atoms with E-state index in [2.05, 4.69) is 20.8 Å². The van der Waals surface area contributed by atoms with E-state index < -0.39 is 5.60 Å². The molecule has 16 heavy (non-hydrogen) atoms. The lowest BCUT2D eigenvalue weighted by Crippen LogP contribution is -2.29. The number of hydrogen-bond donors (Lipinski definition) is 1. The first-order valence-corrected chi connectivity index (χ1v) is 6.14. The molecule has 0 radical (unpaired) electrons. The van der Waals surface area contributed by atoms with E-state index in [0.717, 1.165) is 23.0 Å². The molecule has 1 aliphatic rings. The summed E-state index contributed by atoms with van der Waals surface area (Å²) in [7, 11) is 0. The smallest absolute Gasteiger partial charge is 0.123 e. The summed E-state index contributed by atoms with van der Waals surface area (Å²) in [6.07, 6.45) is 0.778. The maximum Gasteiger partial charge on any atom is 0.123 e. The van der Waals surface area contributed by atoms with Crippen LogP contribution in [0.1, 0.15) is 18.9 Å². The van der Waals surface area contributed by atoms with Crippen LogP contribution in [-0.2, 0) is 6.54 Å². The Morgan fingerprint density at radius 1 is 1.56 bits per heavy atom. The van der Waals surface area contributed by atoms with Gasteiger partial charge >= 0.3 is 0 Å². The van der Waals surface area contributed by atoms with Crippen LogP contribution in [0.15, 0.2) is 22.7 Å². The van der Waals surface area contributed by atoms with Crippen LogP contribution in [0, 0.1) is 5.82 Å². The lowest BCUT2D eigenvalue weighted by molar-refractivity contribution is 0.0678. The third-order valence-corrected chi connectivity index (χ3v) is 3.71. The number of rotatable bonds is 2. The summed E-state index contributed by atoms with van der Waals surface area (Å²) in [4.78, 5) is 2.14. The van der Waals surface area contributed by atoms with Crippen molar-refractivity contribution in [1.29, 1.82) is 0 Å². The van der Waals surface area contributed by atoms with Gasteiger partial charge in [0.2, 0.25) is 0 Å². The standard InChI is InChI=1S/C12H15BrFNO/c1-12(16)4-5-15(8-12)7-9-6-10(14)2-3-11(9)13/h2-3,6,16H,4-5,7-8H2,1H3. The van der Waals surface area contributed by atoms with Gasteiger partial charge in [-0.1, -0.05) is 15.9 Å². The Morgan fingerprint density at radius 2 is 2.31 bits per heavy atom. The molecular weight excluding hydrogens is 273 g/mol. The van der Waals surface area contributed by atoms with Crippen LogP contribution >= 0.6 is 15.9 Å². The molecule has 1 aromatic rings. The topological polar surface area (TPSA) is 23.5 Å². The number of β-amino-alcohol motifs (C(OH)–C–C–N with tert-alkyl or cyclic N) is 1. The van der Waals surface area contributed by atoms with Gasteiger partial charge in [0.05, 0.1) is 5.60 Å². The molecule has 1 saturated heterocycles. The van der Waals surface area contributed by atoms with Gasteiger partial charge in [-0.15, -0.1) is 0 Å². The van der Waals surface area contributed by atoms with Crippen molar-refractivity contribution in [2.75, 3.05) is 13.1 Å². The maximum absolute atomic E-state index is 13.1. The molecule has 2 nitrogen and oxygen atoms in total. The Bertz CT molecular complexity index is 395. The van der Waals surface area contributed by atoms with Crippen LogP contribution in [0.5, 0.6) is 0 Å². The fourth-order valence-corrected chi connectivity index (χ4v) is 2.45. The van der Waals surface area contributed by atoms with E-state index in [1.165, 1.54) is 12.1 Å². The zero-order valence-electron chi connectivity index (χ0n) is 9.21. The first kappa shape index (κ1) is 12.0. The average molecular weight is 288 g/mol. The molecule has 1 aromatic carbocycles. The zero-order valence-corrected chi connectivity index (χ0v) is 10.8. The Morgan fingerprint density at radius 3 is 2.94 bits per heavy atom. The summed E-state index contributed by atoms with van der Waals surface area (Å²) in [6.45, 7) is 4.02. The predicted octanol–water partition coefficient (Wildman–Crippen LogP) is 2.54. The summed E-state index contributed by atoms with van der Waals surface area (Å²) in [5, 5.41) is 9.84. The molecule has 0 aliphatic carbocycles. The highest BCUT2D eigenvalue weighted by Gasteiger charge is 2.31. The van der Waals surface area contributed by atoms with E-state index in [4.69, 9.17) is 0 Å². The van der Waals surface area contributed by atoms with Crippen molar-refractivity contribution in [3.63, 3.8) is 0 Å². The van der Waals surface area contributed by atoms with Gasteiger partial charge in [0.25, 0.3) is 0 Å². The molecule has 1 fully saturated rings. The minimum absolute atomic E-state index is 0.218. The van der Waals surface area contributed by atoms with Gasteiger partial charge < -0.3 is 5.11 Å². The molecule has 2 rings (SSSR count). The van der Waals surface area contributed by atoms with Crippen molar-refractivity contribution in [2.45, 2.75) is 25.5 Å². The summed E-state index contributed by atoms with van der Waals surface area (Å²) in [5.74, 6) is -0.218. The average Bonchev–Trinajstić information content (AvgIpc) is 2.52. The third-order valence-electron chi connectivity index (χ3n) is 2.93. The van der Waals surface area contributed by atoms with Gasteiger partial charge in [-0.25, -0.2) is 4.39 Å². The van der Waals surface area contributed by atoms with E-state index in [9.17, 15) is 9.50 Å². The molecule has 0 amide bonds. The van der Waals surface area contributed by atoms with Gasteiger partial charge in [0.15, 0.2) is 0 Å². The highest BCUT2D eigenvalue weighted by atomic mass is 79.9. The Kier molecular flexibility index (Phi) is 3.33. The first-order chi connectivity index (χ1) is 7.46. The van der Waals surface area contributed by atoms with Gasteiger partial charge in [0, 0.05) is 24.1 Å².